The molecule has 2 fully saturated rings. The Labute approximate surface area is 267 Å². The molecule has 7 nitrogen and oxygen atoms in total. The van der Waals surface area contributed by atoms with E-state index in [4.69, 9.17) is 5.73 Å². The van der Waals surface area contributed by atoms with Crippen molar-refractivity contribution in [1.29, 1.82) is 0 Å². The van der Waals surface area contributed by atoms with E-state index in [-0.39, 0.29) is 23.3 Å². The summed E-state index contributed by atoms with van der Waals surface area (Å²) in [7, 11) is 3.39. The Kier molecular flexibility index (Phi) is 10.2. The molecular formula is C38H46N4O3. The van der Waals surface area contributed by atoms with E-state index < -0.39 is 11.5 Å². The molecule has 0 spiro atoms. The van der Waals surface area contributed by atoms with Crippen molar-refractivity contribution in [3.05, 3.63) is 108 Å². The number of hydrogen-bond acceptors (Lipinski definition) is 4. The lowest BCUT2D eigenvalue weighted by molar-refractivity contribution is -0.146. The van der Waals surface area contributed by atoms with Gasteiger partial charge in [0.25, 0.3) is 0 Å². The molecule has 7 heteroatoms. The Bertz CT molecular complexity index is 1470. The van der Waals surface area contributed by atoms with Gasteiger partial charge in [0.15, 0.2) is 0 Å². The Hall–Kier alpha value is -4.23. The molecule has 1 atom stereocenters. The van der Waals surface area contributed by atoms with Crippen LogP contribution in [0, 0.1) is 5.41 Å². The topological polar surface area (TPSA) is 95.7 Å². The minimum atomic E-state index is -0.679. The van der Waals surface area contributed by atoms with E-state index >= 15 is 0 Å². The number of piperidine rings is 1. The summed E-state index contributed by atoms with van der Waals surface area (Å²) in [4.78, 5) is 44.2. The molecular weight excluding hydrogens is 560 g/mol. The maximum absolute atomic E-state index is 14.2. The van der Waals surface area contributed by atoms with Crippen LogP contribution >= 0.6 is 0 Å². The van der Waals surface area contributed by atoms with Gasteiger partial charge in [0.05, 0.1) is 5.41 Å². The molecule has 0 unspecified atom stereocenters. The van der Waals surface area contributed by atoms with Crippen molar-refractivity contribution in [2.24, 2.45) is 11.1 Å². The zero-order valence-corrected chi connectivity index (χ0v) is 26.6. The van der Waals surface area contributed by atoms with Gasteiger partial charge in [-0.2, -0.15) is 0 Å². The SMILES string of the molecule is CNC(=O)C1(Cc2ccccc2)CCN(C(=O)[C@@H](Cc2ccc(-c3ccccc3)cc2)N(C)C(=O)C=CCC2(N)CCC2)CC1. The van der Waals surface area contributed by atoms with Gasteiger partial charge in [-0.15, -0.1) is 0 Å². The predicted molar refractivity (Wildman–Crippen MR) is 179 cm³/mol. The number of nitrogens with zero attached hydrogens (tertiary/aromatic N) is 2. The molecule has 1 saturated heterocycles. The largest absolute Gasteiger partial charge is 0.359 e. The van der Waals surface area contributed by atoms with Gasteiger partial charge in [-0.25, -0.2) is 0 Å². The molecule has 5 rings (SSSR count). The average molecular weight is 607 g/mol. The molecule has 3 amide bonds. The maximum atomic E-state index is 14.2. The van der Waals surface area contributed by atoms with Crippen molar-refractivity contribution in [2.45, 2.75) is 62.9 Å². The number of rotatable bonds is 11. The van der Waals surface area contributed by atoms with Crippen LogP contribution in [0.15, 0.2) is 97.1 Å². The van der Waals surface area contributed by atoms with E-state index in [1.807, 2.05) is 71.6 Å². The molecule has 2 aliphatic rings. The normalized spacial score (nSPS) is 17.7. The smallest absolute Gasteiger partial charge is 0.246 e. The Morgan fingerprint density at radius 2 is 1.47 bits per heavy atom. The van der Waals surface area contributed by atoms with Crippen LogP contribution in [0.2, 0.25) is 0 Å². The number of hydrogen-bond donors (Lipinski definition) is 2. The lowest BCUT2D eigenvalue weighted by atomic mass is 9.73. The predicted octanol–water partition coefficient (Wildman–Crippen LogP) is 5.15. The molecule has 1 aliphatic heterocycles. The van der Waals surface area contributed by atoms with Gasteiger partial charge < -0.3 is 20.9 Å². The molecule has 1 heterocycles. The highest BCUT2D eigenvalue weighted by atomic mass is 16.2. The molecule has 3 aromatic carbocycles. The number of nitrogens with one attached hydrogen (secondary N) is 1. The highest BCUT2D eigenvalue weighted by Gasteiger charge is 2.43. The fourth-order valence-electron chi connectivity index (χ4n) is 6.68. The Morgan fingerprint density at radius 1 is 0.867 bits per heavy atom. The van der Waals surface area contributed by atoms with Crippen molar-refractivity contribution >= 4 is 17.7 Å². The number of likely N-dealkylation sites (N-methyl/N-ethyl adjacent to an activating group) is 1. The minimum Gasteiger partial charge on any atom is -0.359 e. The van der Waals surface area contributed by atoms with E-state index in [1.54, 1.807) is 25.1 Å². The molecule has 0 aromatic heterocycles. The van der Waals surface area contributed by atoms with Gasteiger partial charge in [0, 0.05) is 39.1 Å². The third-order valence-electron chi connectivity index (χ3n) is 9.85. The molecule has 3 N–H and O–H groups in total. The molecule has 0 bridgehead atoms. The highest BCUT2D eigenvalue weighted by Crippen LogP contribution is 2.36. The molecule has 1 aliphatic carbocycles. The minimum absolute atomic E-state index is 0.00933. The molecule has 45 heavy (non-hydrogen) atoms. The van der Waals surface area contributed by atoms with Crippen molar-refractivity contribution in [3.63, 3.8) is 0 Å². The Morgan fingerprint density at radius 3 is 2.04 bits per heavy atom. The first-order valence-corrected chi connectivity index (χ1v) is 16.1. The van der Waals surface area contributed by atoms with Crippen molar-refractivity contribution in [2.75, 3.05) is 27.2 Å². The van der Waals surface area contributed by atoms with Crippen LogP contribution < -0.4 is 11.1 Å². The number of carbonyl (C=O) groups excluding carboxylic acids is 3. The first kappa shape index (κ1) is 32.2. The van der Waals surface area contributed by atoms with Crippen molar-refractivity contribution in [1.82, 2.24) is 15.1 Å². The zero-order valence-electron chi connectivity index (χ0n) is 26.6. The zero-order chi connectivity index (χ0) is 31.9. The Balaban J connectivity index is 1.33. The highest BCUT2D eigenvalue weighted by molar-refractivity contribution is 5.93. The van der Waals surface area contributed by atoms with Crippen LogP contribution in [0.3, 0.4) is 0 Å². The molecule has 3 aromatic rings. The van der Waals surface area contributed by atoms with Gasteiger partial charge in [0.1, 0.15) is 6.04 Å². The second-order valence-electron chi connectivity index (χ2n) is 12.9. The van der Waals surface area contributed by atoms with E-state index in [1.165, 1.54) is 0 Å². The van der Waals surface area contributed by atoms with E-state index in [0.717, 1.165) is 41.5 Å². The summed E-state index contributed by atoms with van der Waals surface area (Å²) >= 11 is 0. The van der Waals surface area contributed by atoms with Crippen LogP contribution in [0.5, 0.6) is 0 Å². The number of amides is 3. The summed E-state index contributed by atoms with van der Waals surface area (Å²) < 4.78 is 0. The van der Waals surface area contributed by atoms with Gasteiger partial charge in [0.2, 0.25) is 17.7 Å². The van der Waals surface area contributed by atoms with E-state index in [0.29, 0.717) is 45.2 Å². The van der Waals surface area contributed by atoms with Gasteiger partial charge in [-0.3, -0.25) is 14.4 Å². The van der Waals surface area contributed by atoms with Crippen LogP contribution in [0.25, 0.3) is 11.1 Å². The second kappa shape index (κ2) is 14.2. The number of nitrogens with two attached hydrogens (primary N) is 1. The third kappa shape index (κ3) is 7.71. The fourth-order valence-corrected chi connectivity index (χ4v) is 6.68. The first-order valence-electron chi connectivity index (χ1n) is 16.1. The number of likely N-dealkylation sites (tertiary alicyclic amines) is 1. The van der Waals surface area contributed by atoms with Crippen molar-refractivity contribution in [3.8, 4) is 11.1 Å². The molecule has 1 saturated carbocycles. The summed E-state index contributed by atoms with van der Waals surface area (Å²) in [6.45, 7) is 0.909. The van der Waals surface area contributed by atoms with Crippen LogP contribution in [-0.4, -0.2) is 66.3 Å². The standard InChI is InChI=1S/C38H46N4O3/c1-40-36(45)37(28-30-11-5-3-6-12-30)23-25-42(26-24-37)35(44)33(41(2)34(43)15-9-20-38(39)21-10-22-38)27-29-16-18-32(19-17-29)31-13-7-4-8-14-31/h3-9,11-19,33H,10,20-28,39H2,1-2H3,(H,40,45)/t33-/m1/s1. The lowest BCUT2D eigenvalue weighted by Gasteiger charge is -2.42. The van der Waals surface area contributed by atoms with E-state index in [9.17, 15) is 14.4 Å². The van der Waals surface area contributed by atoms with Crippen LogP contribution in [-0.2, 0) is 27.2 Å². The molecule has 0 radical (unpaired) electrons. The maximum Gasteiger partial charge on any atom is 0.246 e. The second-order valence-corrected chi connectivity index (χ2v) is 12.9. The summed E-state index contributed by atoms with van der Waals surface area (Å²) in [5.74, 6) is -0.293. The van der Waals surface area contributed by atoms with Crippen LogP contribution in [0.1, 0.15) is 49.7 Å². The van der Waals surface area contributed by atoms with E-state index in [2.05, 4.69) is 29.6 Å². The fraction of sp³-hybridized carbons (Fsp3) is 0.395. The number of carbonyl (C=O) groups is 3. The monoisotopic (exact) mass is 606 g/mol. The van der Waals surface area contributed by atoms with Gasteiger partial charge >= 0.3 is 0 Å². The van der Waals surface area contributed by atoms with Gasteiger partial charge in [-0.1, -0.05) is 91.0 Å². The lowest BCUT2D eigenvalue weighted by Crippen LogP contribution is -2.55. The first-order chi connectivity index (χ1) is 21.7. The molecule has 236 valence electrons. The summed E-state index contributed by atoms with van der Waals surface area (Å²) in [6, 6.07) is 27.7. The summed E-state index contributed by atoms with van der Waals surface area (Å²) in [5.41, 5.74) is 9.88. The summed E-state index contributed by atoms with van der Waals surface area (Å²) in [6.07, 6.45) is 9.28. The average Bonchev–Trinajstić information content (AvgIpc) is 3.06. The van der Waals surface area contributed by atoms with Crippen molar-refractivity contribution < 1.29 is 14.4 Å². The quantitative estimate of drug-likeness (QED) is 0.295. The third-order valence-corrected chi connectivity index (χ3v) is 9.85. The van der Waals surface area contributed by atoms with Gasteiger partial charge in [-0.05, 0) is 73.3 Å². The van der Waals surface area contributed by atoms with Crippen LogP contribution in [0.4, 0.5) is 0 Å². The summed E-state index contributed by atoms with van der Waals surface area (Å²) in [5, 5.41) is 2.87. The number of benzene rings is 3.